The molecule has 1 aliphatic heterocycles. The monoisotopic (exact) mass is 535 g/mol. The van der Waals surface area contributed by atoms with Gasteiger partial charge in [-0.2, -0.15) is 0 Å². The predicted octanol–water partition coefficient (Wildman–Crippen LogP) is 4.03. The maximum absolute atomic E-state index is 12.9. The number of benzene rings is 3. The Morgan fingerprint density at radius 3 is 2.02 bits per heavy atom. The molecule has 1 aromatic heterocycles. The van der Waals surface area contributed by atoms with Crippen LogP contribution in [0.1, 0.15) is 47.3 Å². The van der Waals surface area contributed by atoms with Crippen LogP contribution in [0.4, 0.5) is 0 Å². The molecule has 3 aromatic carbocycles. The van der Waals surface area contributed by atoms with E-state index < -0.39 is 11.6 Å². The Morgan fingerprint density at radius 1 is 0.925 bits per heavy atom. The van der Waals surface area contributed by atoms with E-state index in [-0.39, 0.29) is 11.8 Å². The first-order valence-electron chi connectivity index (χ1n) is 14.0. The molecule has 1 atom stereocenters. The van der Waals surface area contributed by atoms with E-state index in [1.54, 1.807) is 4.90 Å². The van der Waals surface area contributed by atoms with Gasteiger partial charge in [-0.1, -0.05) is 91.0 Å². The quantitative estimate of drug-likeness (QED) is 0.317. The van der Waals surface area contributed by atoms with Gasteiger partial charge in [0, 0.05) is 31.7 Å². The number of hydrogen-bond acceptors (Lipinski definition) is 4. The molecule has 7 nitrogen and oxygen atoms in total. The zero-order chi connectivity index (χ0) is 28.0. The van der Waals surface area contributed by atoms with E-state index in [0.717, 1.165) is 34.5 Å². The normalized spacial score (nSPS) is 14.8. The Kier molecular flexibility index (Phi) is 8.41. The number of nitrogens with one attached hydrogen (secondary N) is 1. The number of rotatable bonds is 9. The standard InChI is InChI=1S/C33H37N5O2/c1-25-30(19-11-18-29(34)32(40)37-22-20-31(39)35-21-23-37)36-24-38(25)33(26-12-5-2-6-13-26,27-14-7-3-8-15-27)28-16-9-4-10-17-28/h2-10,12-17,24,29H,11,18-23,34H2,1H3,(H,35,39). The van der Waals surface area contributed by atoms with Gasteiger partial charge >= 0.3 is 0 Å². The molecule has 7 heteroatoms. The van der Waals surface area contributed by atoms with Crippen LogP contribution < -0.4 is 11.1 Å². The van der Waals surface area contributed by atoms with Gasteiger partial charge in [0.05, 0.1) is 18.1 Å². The zero-order valence-corrected chi connectivity index (χ0v) is 23.0. The number of amides is 2. The third kappa shape index (κ3) is 5.42. The minimum atomic E-state index is -0.607. The Hall–Kier alpha value is -4.23. The Morgan fingerprint density at radius 2 is 1.48 bits per heavy atom. The molecule has 206 valence electrons. The van der Waals surface area contributed by atoms with Gasteiger partial charge in [-0.15, -0.1) is 0 Å². The van der Waals surface area contributed by atoms with Gasteiger partial charge in [0.15, 0.2) is 0 Å². The van der Waals surface area contributed by atoms with Crippen molar-refractivity contribution in [3.8, 4) is 0 Å². The number of nitrogens with zero attached hydrogens (tertiary/aromatic N) is 3. The molecule has 0 radical (unpaired) electrons. The molecule has 0 bridgehead atoms. The minimum Gasteiger partial charge on any atom is -0.354 e. The van der Waals surface area contributed by atoms with Crippen molar-refractivity contribution in [3.05, 3.63) is 125 Å². The van der Waals surface area contributed by atoms with Crippen molar-refractivity contribution in [2.24, 2.45) is 5.73 Å². The summed E-state index contributed by atoms with van der Waals surface area (Å²) in [6, 6.07) is 31.1. The number of carbonyl (C=O) groups is 2. The lowest BCUT2D eigenvalue weighted by molar-refractivity contribution is -0.132. The number of aromatic nitrogens is 2. The molecular weight excluding hydrogens is 498 g/mol. The molecule has 3 N–H and O–H groups in total. The van der Waals surface area contributed by atoms with E-state index in [0.29, 0.717) is 38.9 Å². The van der Waals surface area contributed by atoms with Crippen molar-refractivity contribution in [2.45, 2.75) is 44.2 Å². The van der Waals surface area contributed by atoms with Gasteiger partial charge < -0.3 is 20.5 Å². The van der Waals surface area contributed by atoms with Gasteiger partial charge in [0.25, 0.3) is 0 Å². The van der Waals surface area contributed by atoms with Crippen molar-refractivity contribution in [1.29, 1.82) is 0 Å². The molecule has 2 heterocycles. The molecule has 4 aromatic rings. The fraction of sp³-hybridized carbons (Fsp3) is 0.303. The number of hydrogen-bond donors (Lipinski definition) is 2. The molecule has 0 spiro atoms. The van der Waals surface area contributed by atoms with Gasteiger partial charge in [-0.3, -0.25) is 9.59 Å². The number of carbonyl (C=O) groups excluding carboxylic acids is 2. The molecule has 1 aliphatic rings. The molecule has 1 unspecified atom stereocenters. The summed E-state index contributed by atoms with van der Waals surface area (Å²) in [4.78, 5) is 31.1. The summed E-state index contributed by atoms with van der Waals surface area (Å²) in [6.07, 6.45) is 4.29. The maximum atomic E-state index is 12.9. The van der Waals surface area contributed by atoms with Crippen molar-refractivity contribution >= 4 is 11.8 Å². The molecule has 0 saturated carbocycles. The smallest absolute Gasteiger partial charge is 0.239 e. The van der Waals surface area contributed by atoms with E-state index in [9.17, 15) is 9.59 Å². The third-order valence-corrected chi connectivity index (χ3v) is 7.91. The topological polar surface area (TPSA) is 93.2 Å². The summed E-state index contributed by atoms with van der Waals surface area (Å²) in [7, 11) is 0. The Balaban J connectivity index is 1.42. The molecule has 2 amide bonds. The van der Waals surface area contributed by atoms with Crippen molar-refractivity contribution < 1.29 is 9.59 Å². The lowest BCUT2D eigenvalue weighted by Crippen LogP contribution is -2.45. The van der Waals surface area contributed by atoms with Gasteiger partial charge in [0.1, 0.15) is 5.54 Å². The first-order valence-corrected chi connectivity index (χ1v) is 14.0. The van der Waals surface area contributed by atoms with Crippen molar-refractivity contribution in [1.82, 2.24) is 19.8 Å². The van der Waals surface area contributed by atoms with E-state index in [1.807, 2.05) is 24.5 Å². The molecule has 1 fully saturated rings. The van der Waals surface area contributed by atoms with Crippen molar-refractivity contribution in [3.63, 3.8) is 0 Å². The SMILES string of the molecule is Cc1c(CCCC(N)C(=O)N2CCNC(=O)CC2)ncn1C(c1ccccc1)(c1ccccc1)c1ccccc1. The van der Waals surface area contributed by atoms with Crippen LogP contribution in [0, 0.1) is 6.92 Å². The van der Waals surface area contributed by atoms with Crippen molar-refractivity contribution in [2.75, 3.05) is 19.6 Å². The van der Waals surface area contributed by atoms with E-state index >= 15 is 0 Å². The molecule has 40 heavy (non-hydrogen) atoms. The highest BCUT2D eigenvalue weighted by Crippen LogP contribution is 2.41. The van der Waals surface area contributed by atoms with E-state index in [1.165, 1.54) is 0 Å². The predicted molar refractivity (Wildman–Crippen MR) is 157 cm³/mol. The highest BCUT2D eigenvalue weighted by molar-refractivity contribution is 5.83. The molecule has 5 rings (SSSR count). The minimum absolute atomic E-state index is 0.0208. The van der Waals surface area contributed by atoms with Gasteiger partial charge in [-0.05, 0) is 42.9 Å². The van der Waals surface area contributed by atoms with Crippen LogP contribution in [0.5, 0.6) is 0 Å². The van der Waals surface area contributed by atoms with Gasteiger partial charge in [-0.25, -0.2) is 4.98 Å². The van der Waals surface area contributed by atoms with E-state index in [2.05, 4.69) is 89.6 Å². The van der Waals surface area contributed by atoms with Crippen LogP contribution in [0.3, 0.4) is 0 Å². The Labute approximate surface area is 236 Å². The second-order valence-corrected chi connectivity index (χ2v) is 10.4. The summed E-state index contributed by atoms with van der Waals surface area (Å²) in [5.41, 5.74) is 11.2. The number of nitrogens with two attached hydrogens (primary N) is 1. The summed E-state index contributed by atoms with van der Waals surface area (Å²) >= 11 is 0. The fourth-order valence-electron chi connectivity index (χ4n) is 5.82. The van der Waals surface area contributed by atoms with Crippen LogP contribution in [0.15, 0.2) is 97.3 Å². The lowest BCUT2D eigenvalue weighted by atomic mass is 9.76. The maximum Gasteiger partial charge on any atom is 0.239 e. The first-order chi connectivity index (χ1) is 19.5. The highest BCUT2D eigenvalue weighted by atomic mass is 16.2. The van der Waals surface area contributed by atoms with Crippen LogP contribution in [-0.2, 0) is 21.5 Å². The zero-order valence-electron chi connectivity index (χ0n) is 23.0. The number of aryl methyl sites for hydroxylation is 1. The highest BCUT2D eigenvalue weighted by Gasteiger charge is 2.39. The second kappa shape index (κ2) is 12.3. The second-order valence-electron chi connectivity index (χ2n) is 10.4. The molecule has 1 saturated heterocycles. The van der Waals surface area contributed by atoms with Crippen LogP contribution in [-0.4, -0.2) is 51.9 Å². The van der Waals surface area contributed by atoms with Crippen LogP contribution >= 0.6 is 0 Å². The first kappa shape index (κ1) is 27.3. The summed E-state index contributed by atoms with van der Waals surface area (Å²) in [5, 5.41) is 2.80. The van der Waals surface area contributed by atoms with Gasteiger partial charge in [0.2, 0.25) is 11.8 Å². The Bertz CT molecular complexity index is 1320. The molecular formula is C33H37N5O2. The number of imidazole rings is 1. The largest absolute Gasteiger partial charge is 0.354 e. The third-order valence-electron chi connectivity index (χ3n) is 7.91. The fourth-order valence-corrected chi connectivity index (χ4v) is 5.82. The van der Waals surface area contributed by atoms with Crippen LogP contribution in [0.25, 0.3) is 0 Å². The summed E-state index contributed by atoms with van der Waals surface area (Å²) < 4.78 is 2.29. The van der Waals surface area contributed by atoms with Crippen LogP contribution in [0.2, 0.25) is 0 Å². The summed E-state index contributed by atoms with van der Waals surface area (Å²) in [5.74, 6) is -0.109. The average Bonchev–Trinajstić information content (AvgIpc) is 3.21. The van der Waals surface area contributed by atoms with E-state index in [4.69, 9.17) is 10.7 Å². The lowest BCUT2D eigenvalue weighted by Gasteiger charge is -2.38. The summed E-state index contributed by atoms with van der Waals surface area (Å²) in [6.45, 7) is 3.52. The molecule has 0 aliphatic carbocycles. The average molecular weight is 536 g/mol.